The van der Waals surface area contributed by atoms with Gasteiger partial charge in [0.15, 0.2) is 0 Å². The molecule has 2 aromatic carbocycles. The molecule has 19 heavy (non-hydrogen) atoms. The van der Waals surface area contributed by atoms with Gasteiger partial charge in [-0.3, -0.25) is 0 Å². The summed E-state index contributed by atoms with van der Waals surface area (Å²) in [6.07, 6.45) is 5.35. The van der Waals surface area contributed by atoms with Crippen LogP contribution >= 0.6 is 22.6 Å². The normalized spacial score (nSPS) is 22.6. The number of hydrogen-bond acceptors (Lipinski definition) is 0. The van der Waals surface area contributed by atoms with E-state index in [1.807, 2.05) is 0 Å². The van der Waals surface area contributed by atoms with Crippen molar-refractivity contribution in [2.45, 2.75) is 31.6 Å². The average molecular weight is 362 g/mol. The quantitative estimate of drug-likeness (QED) is 0.640. The zero-order valence-electron chi connectivity index (χ0n) is 11.1. The summed E-state index contributed by atoms with van der Waals surface area (Å²) in [6.45, 7) is 0. The van der Waals surface area contributed by atoms with E-state index in [1.54, 1.807) is 0 Å². The highest BCUT2D eigenvalue weighted by atomic mass is 127. The van der Waals surface area contributed by atoms with Crippen LogP contribution in [0.25, 0.3) is 0 Å². The van der Waals surface area contributed by atoms with Gasteiger partial charge in [-0.1, -0.05) is 42.5 Å². The summed E-state index contributed by atoms with van der Waals surface area (Å²) in [5.74, 6) is 1.65. The third-order valence-corrected chi connectivity index (χ3v) is 4.97. The van der Waals surface area contributed by atoms with Crippen molar-refractivity contribution < 1.29 is 0 Å². The van der Waals surface area contributed by atoms with Gasteiger partial charge in [0, 0.05) is 3.57 Å². The van der Waals surface area contributed by atoms with Gasteiger partial charge in [0.1, 0.15) is 0 Å². The van der Waals surface area contributed by atoms with E-state index in [0.717, 1.165) is 11.8 Å². The predicted octanol–water partition coefficient (Wildman–Crippen LogP) is 5.42. The lowest BCUT2D eigenvalue weighted by Gasteiger charge is -2.12. The number of hydrogen-bond donors (Lipinski definition) is 0. The van der Waals surface area contributed by atoms with Crippen LogP contribution in [0.15, 0.2) is 54.6 Å². The zero-order valence-corrected chi connectivity index (χ0v) is 13.2. The van der Waals surface area contributed by atoms with Gasteiger partial charge in [-0.25, -0.2) is 0 Å². The summed E-state index contributed by atoms with van der Waals surface area (Å²) < 4.78 is 1.33. The lowest BCUT2D eigenvalue weighted by molar-refractivity contribution is 0.536. The van der Waals surface area contributed by atoms with Crippen molar-refractivity contribution in [2.75, 3.05) is 0 Å². The molecule has 1 aliphatic carbocycles. The predicted molar refractivity (Wildman–Crippen MR) is 89.4 cm³/mol. The van der Waals surface area contributed by atoms with Crippen molar-refractivity contribution in [3.8, 4) is 0 Å². The maximum absolute atomic E-state index is 2.37. The Balaban J connectivity index is 1.62. The molecule has 2 unspecified atom stereocenters. The van der Waals surface area contributed by atoms with Crippen molar-refractivity contribution in [1.82, 2.24) is 0 Å². The van der Waals surface area contributed by atoms with E-state index >= 15 is 0 Å². The minimum Gasteiger partial charge on any atom is -0.0622 e. The summed E-state index contributed by atoms with van der Waals surface area (Å²) in [7, 11) is 0. The molecule has 0 nitrogen and oxygen atoms in total. The molecule has 0 aliphatic heterocycles. The van der Waals surface area contributed by atoms with Crippen molar-refractivity contribution >= 4 is 22.6 Å². The maximum Gasteiger partial charge on any atom is 0.0130 e. The maximum atomic E-state index is 2.37. The Bertz CT molecular complexity index is 515. The second kappa shape index (κ2) is 6.08. The van der Waals surface area contributed by atoms with Gasteiger partial charge in [-0.2, -0.15) is 0 Å². The molecule has 2 aromatic rings. The first kappa shape index (κ1) is 13.2. The topological polar surface area (TPSA) is 0 Å². The van der Waals surface area contributed by atoms with Crippen LogP contribution in [0.5, 0.6) is 0 Å². The molecule has 0 radical (unpaired) electrons. The molecule has 2 atom stereocenters. The fourth-order valence-corrected chi connectivity index (χ4v) is 3.60. The third kappa shape index (κ3) is 3.38. The Hall–Kier alpha value is -0.830. The van der Waals surface area contributed by atoms with Crippen molar-refractivity contribution in [2.24, 2.45) is 5.92 Å². The van der Waals surface area contributed by atoms with Gasteiger partial charge in [-0.15, -0.1) is 0 Å². The molecule has 0 bridgehead atoms. The SMILES string of the molecule is Ic1ccc(CC2CCC(c3ccccc3)C2)cc1. The van der Waals surface area contributed by atoms with Crippen LogP contribution in [-0.4, -0.2) is 0 Å². The van der Waals surface area contributed by atoms with Gasteiger partial charge >= 0.3 is 0 Å². The first-order valence-electron chi connectivity index (χ1n) is 7.10. The molecule has 1 heteroatoms. The van der Waals surface area contributed by atoms with E-state index in [2.05, 4.69) is 77.2 Å². The van der Waals surface area contributed by atoms with Crippen molar-refractivity contribution in [1.29, 1.82) is 0 Å². The molecule has 0 saturated heterocycles. The largest absolute Gasteiger partial charge is 0.0622 e. The Morgan fingerprint density at radius 1 is 0.895 bits per heavy atom. The first-order chi connectivity index (χ1) is 9.31. The van der Waals surface area contributed by atoms with E-state index in [4.69, 9.17) is 0 Å². The Kier molecular flexibility index (Phi) is 4.21. The zero-order chi connectivity index (χ0) is 13.1. The second-order valence-corrected chi connectivity index (χ2v) is 6.86. The standard InChI is InChI=1S/C18H19I/c19-18-10-7-14(8-11-18)12-15-6-9-17(13-15)16-4-2-1-3-5-16/h1-5,7-8,10-11,15,17H,6,9,12-13H2. The summed E-state index contributed by atoms with van der Waals surface area (Å²) in [6, 6.07) is 20.1. The molecule has 3 rings (SSSR count). The lowest BCUT2D eigenvalue weighted by atomic mass is 9.93. The van der Waals surface area contributed by atoms with Gasteiger partial charge in [0.25, 0.3) is 0 Å². The summed E-state index contributed by atoms with van der Waals surface area (Å²) in [5, 5.41) is 0. The van der Waals surface area contributed by atoms with Gasteiger partial charge in [0.05, 0.1) is 0 Å². The third-order valence-electron chi connectivity index (χ3n) is 4.25. The molecule has 0 heterocycles. The number of halogens is 1. The number of rotatable bonds is 3. The molecule has 1 saturated carbocycles. The van der Waals surface area contributed by atoms with Crippen LogP contribution in [0, 0.1) is 9.49 Å². The van der Waals surface area contributed by atoms with Crippen molar-refractivity contribution in [3.05, 3.63) is 69.3 Å². The first-order valence-corrected chi connectivity index (χ1v) is 8.18. The van der Waals surface area contributed by atoms with E-state index in [9.17, 15) is 0 Å². The summed E-state index contributed by atoms with van der Waals surface area (Å²) >= 11 is 2.37. The van der Waals surface area contributed by atoms with Gasteiger partial charge < -0.3 is 0 Å². The lowest BCUT2D eigenvalue weighted by Crippen LogP contribution is -2.00. The molecule has 0 N–H and O–H groups in total. The molecule has 1 fully saturated rings. The second-order valence-electron chi connectivity index (χ2n) is 5.62. The smallest absolute Gasteiger partial charge is 0.0130 e. The molecule has 0 amide bonds. The van der Waals surface area contributed by atoms with Crippen LogP contribution in [0.1, 0.15) is 36.3 Å². The van der Waals surface area contributed by atoms with E-state index in [-0.39, 0.29) is 0 Å². The highest BCUT2D eigenvalue weighted by molar-refractivity contribution is 14.1. The van der Waals surface area contributed by atoms with Crippen LogP contribution in [0.3, 0.4) is 0 Å². The Morgan fingerprint density at radius 3 is 2.37 bits per heavy atom. The fourth-order valence-electron chi connectivity index (χ4n) is 3.24. The van der Waals surface area contributed by atoms with E-state index in [1.165, 1.54) is 40.4 Å². The molecule has 98 valence electrons. The minimum absolute atomic E-state index is 0.787. The number of benzene rings is 2. The van der Waals surface area contributed by atoms with Crippen LogP contribution < -0.4 is 0 Å². The molecule has 0 aromatic heterocycles. The molecular formula is C18H19I. The van der Waals surface area contributed by atoms with Crippen LogP contribution in [0.2, 0.25) is 0 Å². The van der Waals surface area contributed by atoms with E-state index < -0.39 is 0 Å². The van der Waals surface area contributed by atoms with Crippen LogP contribution in [0.4, 0.5) is 0 Å². The fraction of sp³-hybridized carbons (Fsp3) is 0.333. The monoisotopic (exact) mass is 362 g/mol. The highest BCUT2D eigenvalue weighted by Crippen LogP contribution is 2.39. The highest BCUT2D eigenvalue weighted by Gasteiger charge is 2.25. The minimum atomic E-state index is 0.787. The average Bonchev–Trinajstić information content (AvgIpc) is 2.91. The van der Waals surface area contributed by atoms with Crippen molar-refractivity contribution in [3.63, 3.8) is 0 Å². The summed E-state index contributed by atoms with van der Waals surface area (Å²) in [4.78, 5) is 0. The molecule has 0 spiro atoms. The van der Waals surface area contributed by atoms with E-state index in [0.29, 0.717) is 0 Å². The molecule has 1 aliphatic rings. The molecular weight excluding hydrogens is 343 g/mol. The van der Waals surface area contributed by atoms with Crippen LogP contribution in [-0.2, 0) is 6.42 Å². The Morgan fingerprint density at radius 2 is 1.63 bits per heavy atom. The van der Waals surface area contributed by atoms with Gasteiger partial charge in [0.2, 0.25) is 0 Å². The van der Waals surface area contributed by atoms with Gasteiger partial charge in [-0.05, 0) is 83.4 Å². The summed E-state index contributed by atoms with van der Waals surface area (Å²) in [5.41, 5.74) is 3.03. The Labute approximate surface area is 129 Å².